The van der Waals surface area contributed by atoms with Gasteiger partial charge in [-0.15, -0.1) is 0 Å². The molecule has 0 aliphatic carbocycles. The molecule has 7 heteroatoms. The summed E-state index contributed by atoms with van der Waals surface area (Å²) in [5.74, 6) is 1.40. The molecule has 0 spiro atoms. The van der Waals surface area contributed by atoms with Gasteiger partial charge >= 0.3 is 6.03 Å². The van der Waals surface area contributed by atoms with Crippen molar-refractivity contribution < 1.29 is 4.79 Å². The molecule has 0 saturated carbocycles. The van der Waals surface area contributed by atoms with Gasteiger partial charge in [-0.1, -0.05) is 18.2 Å². The number of nitrogens with zero attached hydrogens (tertiary/aromatic N) is 4. The highest BCUT2D eigenvalue weighted by Crippen LogP contribution is 2.25. The lowest BCUT2D eigenvalue weighted by Gasteiger charge is -2.21. The maximum atomic E-state index is 12.2. The van der Waals surface area contributed by atoms with Crippen molar-refractivity contribution in [2.24, 2.45) is 0 Å². The monoisotopic (exact) mass is 326 g/mol. The first-order chi connectivity index (χ1) is 11.6. The number of carbonyl (C=O) groups excluding carboxylic acids is 1. The molecular weight excluding hydrogens is 304 g/mol. The molecule has 1 saturated heterocycles. The SMILES string of the molecule is CN(C)c1nc(N2CCCC2)ncc1NC(=O)Nc1ccccc1. The third-order valence-electron chi connectivity index (χ3n) is 3.85. The van der Waals surface area contributed by atoms with E-state index in [1.54, 1.807) is 6.20 Å². The van der Waals surface area contributed by atoms with E-state index in [4.69, 9.17) is 0 Å². The highest BCUT2D eigenvalue weighted by Gasteiger charge is 2.18. The van der Waals surface area contributed by atoms with Crippen LogP contribution in [0.5, 0.6) is 0 Å². The summed E-state index contributed by atoms with van der Waals surface area (Å²) in [7, 11) is 3.80. The molecule has 0 unspecified atom stereocenters. The lowest BCUT2D eigenvalue weighted by molar-refractivity contribution is 0.262. The highest BCUT2D eigenvalue weighted by atomic mass is 16.2. The van der Waals surface area contributed by atoms with Crippen LogP contribution in [0.15, 0.2) is 36.5 Å². The molecule has 1 aromatic carbocycles. The van der Waals surface area contributed by atoms with Crippen LogP contribution in [0.3, 0.4) is 0 Å². The highest BCUT2D eigenvalue weighted by molar-refractivity contribution is 6.01. The van der Waals surface area contributed by atoms with Crippen LogP contribution in [-0.2, 0) is 0 Å². The number of aromatic nitrogens is 2. The number of urea groups is 1. The van der Waals surface area contributed by atoms with Crippen molar-refractivity contribution in [3.63, 3.8) is 0 Å². The quantitative estimate of drug-likeness (QED) is 0.904. The van der Waals surface area contributed by atoms with Gasteiger partial charge in [0.15, 0.2) is 5.82 Å². The molecule has 0 atom stereocenters. The average Bonchev–Trinajstić information content (AvgIpc) is 3.10. The largest absolute Gasteiger partial charge is 0.361 e. The molecule has 126 valence electrons. The molecule has 2 N–H and O–H groups in total. The Morgan fingerprint density at radius 2 is 1.83 bits per heavy atom. The van der Waals surface area contributed by atoms with Crippen molar-refractivity contribution in [1.82, 2.24) is 9.97 Å². The Labute approximate surface area is 141 Å². The third-order valence-corrected chi connectivity index (χ3v) is 3.85. The molecule has 24 heavy (non-hydrogen) atoms. The molecule has 1 fully saturated rings. The van der Waals surface area contributed by atoms with Gasteiger partial charge in [0.2, 0.25) is 5.95 Å². The van der Waals surface area contributed by atoms with E-state index in [-0.39, 0.29) is 6.03 Å². The van der Waals surface area contributed by atoms with Gasteiger partial charge in [0.1, 0.15) is 5.69 Å². The minimum absolute atomic E-state index is 0.318. The van der Waals surface area contributed by atoms with E-state index in [0.29, 0.717) is 17.5 Å². The molecule has 0 bridgehead atoms. The summed E-state index contributed by atoms with van der Waals surface area (Å²) >= 11 is 0. The second kappa shape index (κ2) is 7.16. The van der Waals surface area contributed by atoms with Crippen LogP contribution < -0.4 is 20.4 Å². The van der Waals surface area contributed by atoms with Crippen molar-refractivity contribution in [3.8, 4) is 0 Å². The minimum atomic E-state index is -0.318. The van der Waals surface area contributed by atoms with E-state index in [9.17, 15) is 4.79 Å². The predicted octanol–water partition coefficient (Wildman–Crippen LogP) is 2.79. The van der Waals surface area contributed by atoms with Gasteiger partial charge in [0.25, 0.3) is 0 Å². The zero-order valence-electron chi connectivity index (χ0n) is 14.0. The molecule has 2 aromatic rings. The number of hydrogen-bond donors (Lipinski definition) is 2. The second-order valence-corrected chi connectivity index (χ2v) is 5.94. The maximum Gasteiger partial charge on any atom is 0.323 e. The van der Waals surface area contributed by atoms with Crippen LogP contribution in [0.25, 0.3) is 0 Å². The van der Waals surface area contributed by atoms with Crippen molar-refractivity contribution in [3.05, 3.63) is 36.5 Å². The molecule has 1 aromatic heterocycles. The summed E-state index contributed by atoms with van der Waals surface area (Å²) in [5.41, 5.74) is 1.31. The number of carbonyl (C=O) groups is 1. The van der Waals surface area contributed by atoms with E-state index in [1.807, 2.05) is 49.3 Å². The first kappa shape index (κ1) is 16.0. The Hall–Kier alpha value is -2.83. The van der Waals surface area contributed by atoms with E-state index in [1.165, 1.54) is 12.8 Å². The molecule has 0 radical (unpaired) electrons. The average molecular weight is 326 g/mol. The fourth-order valence-electron chi connectivity index (χ4n) is 2.67. The Morgan fingerprint density at radius 1 is 1.12 bits per heavy atom. The van der Waals surface area contributed by atoms with E-state index >= 15 is 0 Å². The molecule has 3 rings (SSSR count). The summed E-state index contributed by atoms with van der Waals surface area (Å²) in [5, 5.41) is 5.61. The smallest absolute Gasteiger partial charge is 0.323 e. The van der Waals surface area contributed by atoms with Gasteiger partial charge in [-0.25, -0.2) is 9.78 Å². The van der Waals surface area contributed by atoms with E-state index < -0.39 is 0 Å². The first-order valence-corrected chi connectivity index (χ1v) is 8.06. The van der Waals surface area contributed by atoms with Gasteiger partial charge in [-0.3, -0.25) is 0 Å². The topological polar surface area (TPSA) is 73.4 Å². The van der Waals surface area contributed by atoms with Gasteiger partial charge in [-0.05, 0) is 25.0 Å². The summed E-state index contributed by atoms with van der Waals surface area (Å²) < 4.78 is 0. The van der Waals surface area contributed by atoms with Crippen LogP contribution in [-0.4, -0.2) is 43.2 Å². The van der Waals surface area contributed by atoms with Crippen LogP contribution >= 0.6 is 0 Å². The lowest BCUT2D eigenvalue weighted by Crippen LogP contribution is -2.25. The molecular formula is C17H22N6O. The Morgan fingerprint density at radius 3 is 2.50 bits per heavy atom. The molecule has 1 aliphatic rings. The standard InChI is InChI=1S/C17H22N6O/c1-22(2)15-14(12-18-16(21-15)23-10-6-7-11-23)20-17(24)19-13-8-4-3-5-9-13/h3-5,8-9,12H,6-7,10-11H2,1-2H3,(H2,19,20,24). The van der Waals surface area contributed by atoms with Crippen molar-refractivity contribution >= 4 is 29.2 Å². The number of nitrogens with one attached hydrogen (secondary N) is 2. The number of benzene rings is 1. The summed E-state index contributed by atoms with van der Waals surface area (Å²) in [6, 6.07) is 8.99. The molecule has 1 aliphatic heterocycles. The number of anilines is 4. The van der Waals surface area contributed by atoms with Gasteiger partial charge in [0.05, 0.1) is 6.20 Å². The fraction of sp³-hybridized carbons (Fsp3) is 0.353. The Balaban J connectivity index is 1.75. The lowest BCUT2D eigenvalue weighted by atomic mass is 10.3. The number of hydrogen-bond acceptors (Lipinski definition) is 5. The van der Waals surface area contributed by atoms with Crippen LogP contribution in [0.2, 0.25) is 0 Å². The van der Waals surface area contributed by atoms with Crippen molar-refractivity contribution in [2.45, 2.75) is 12.8 Å². The van der Waals surface area contributed by atoms with Gasteiger partial charge < -0.3 is 20.4 Å². The van der Waals surface area contributed by atoms with Crippen molar-refractivity contribution in [2.75, 3.05) is 47.6 Å². The van der Waals surface area contributed by atoms with Gasteiger partial charge in [0, 0.05) is 32.9 Å². The summed E-state index contributed by atoms with van der Waals surface area (Å²) in [6.45, 7) is 1.96. The zero-order chi connectivity index (χ0) is 16.9. The number of para-hydroxylation sites is 1. The van der Waals surface area contributed by atoms with Crippen LogP contribution in [0.1, 0.15) is 12.8 Å². The number of rotatable bonds is 4. The van der Waals surface area contributed by atoms with E-state index in [0.717, 1.165) is 18.8 Å². The second-order valence-electron chi connectivity index (χ2n) is 5.94. The minimum Gasteiger partial charge on any atom is -0.361 e. The van der Waals surface area contributed by atoms with Crippen LogP contribution in [0, 0.1) is 0 Å². The Bertz CT molecular complexity index is 697. The third kappa shape index (κ3) is 3.73. The van der Waals surface area contributed by atoms with Crippen LogP contribution in [0.4, 0.5) is 27.9 Å². The molecule has 7 nitrogen and oxygen atoms in total. The molecule has 2 amide bonds. The molecule has 2 heterocycles. The van der Waals surface area contributed by atoms with E-state index in [2.05, 4.69) is 25.5 Å². The normalized spacial score (nSPS) is 13.7. The number of amides is 2. The zero-order valence-corrected chi connectivity index (χ0v) is 14.0. The predicted molar refractivity (Wildman–Crippen MR) is 96.9 cm³/mol. The van der Waals surface area contributed by atoms with Crippen molar-refractivity contribution in [1.29, 1.82) is 0 Å². The van der Waals surface area contributed by atoms with Gasteiger partial charge in [-0.2, -0.15) is 4.98 Å². The summed E-state index contributed by atoms with van der Waals surface area (Å²) in [6.07, 6.45) is 4.00. The fourth-order valence-corrected chi connectivity index (χ4v) is 2.67. The maximum absolute atomic E-state index is 12.2. The first-order valence-electron chi connectivity index (χ1n) is 8.06. The summed E-state index contributed by atoms with van der Waals surface area (Å²) in [4.78, 5) is 25.3. The Kier molecular flexibility index (Phi) is 4.79.